The Kier molecular flexibility index (Phi) is 2.71. The van der Waals surface area contributed by atoms with Crippen molar-refractivity contribution in [1.29, 1.82) is 0 Å². The van der Waals surface area contributed by atoms with Crippen LogP contribution >= 0.6 is 11.3 Å². The van der Waals surface area contributed by atoms with E-state index in [1.807, 2.05) is 11.3 Å². The summed E-state index contributed by atoms with van der Waals surface area (Å²) in [7, 11) is 0. The van der Waals surface area contributed by atoms with Gasteiger partial charge < -0.3 is 0 Å². The molecule has 0 saturated heterocycles. The van der Waals surface area contributed by atoms with Crippen LogP contribution in [0.5, 0.6) is 0 Å². The number of hydrogen-bond donors (Lipinski definition) is 0. The van der Waals surface area contributed by atoms with E-state index in [2.05, 4.69) is 24.4 Å². The SMILES string of the molecule is C[CH2][Zn][c]1cccs1. The number of rotatable bonds is 2. The summed E-state index contributed by atoms with van der Waals surface area (Å²) < 4.78 is 1.69. The van der Waals surface area contributed by atoms with Gasteiger partial charge in [0.25, 0.3) is 0 Å². The average Bonchev–Trinajstić information content (AvgIpc) is 2.19. The Balaban J connectivity index is 2.50. The molecule has 1 rings (SSSR count). The summed E-state index contributed by atoms with van der Waals surface area (Å²) in [6, 6.07) is 4.43. The van der Waals surface area contributed by atoms with Crippen LogP contribution in [0.1, 0.15) is 6.92 Å². The van der Waals surface area contributed by atoms with Gasteiger partial charge in [0, 0.05) is 0 Å². The molecule has 1 heterocycles. The molecule has 0 aromatic carbocycles. The van der Waals surface area contributed by atoms with Crippen LogP contribution < -0.4 is 3.47 Å². The molecule has 1 aromatic rings. The summed E-state index contributed by atoms with van der Waals surface area (Å²) in [5.74, 6) is 0. The molecule has 0 radical (unpaired) electrons. The minimum absolute atomic E-state index is 0.221. The quantitative estimate of drug-likeness (QED) is 0.606. The van der Waals surface area contributed by atoms with Gasteiger partial charge in [-0.2, -0.15) is 0 Å². The Morgan fingerprint density at radius 2 is 2.62 bits per heavy atom. The molecule has 0 bridgehead atoms. The van der Waals surface area contributed by atoms with E-state index in [1.165, 1.54) is 5.02 Å². The van der Waals surface area contributed by atoms with Gasteiger partial charge in [-0.3, -0.25) is 0 Å². The molecule has 40 valence electrons. The van der Waals surface area contributed by atoms with E-state index < -0.39 is 0 Å². The molecule has 0 saturated carbocycles. The van der Waals surface area contributed by atoms with Crippen molar-refractivity contribution in [3.05, 3.63) is 17.5 Å². The van der Waals surface area contributed by atoms with Crippen LogP contribution in [-0.2, 0) is 17.1 Å². The molecular weight excluding hydrogens is 170 g/mol. The Bertz CT molecular complexity index is 134. The third-order valence-corrected chi connectivity index (χ3v) is 6.50. The van der Waals surface area contributed by atoms with Crippen molar-refractivity contribution in [2.45, 2.75) is 11.9 Å². The maximum atomic E-state index is 2.29. The fourth-order valence-corrected chi connectivity index (χ4v) is 5.39. The van der Waals surface area contributed by atoms with Gasteiger partial charge in [-0.05, 0) is 0 Å². The zero-order valence-corrected chi connectivity index (χ0v) is 8.84. The summed E-state index contributed by atoms with van der Waals surface area (Å²) in [4.78, 5) is 0. The van der Waals surface area contributed by atoms with E-state index in [-0.39, 0.29) is 17.1 Å². The van der Waals surface area contributed by atoms with Crippen LogP contribution in [0.15, 0.2) is 17.5 Å². The summed E-state index contributed by atoms with van der Waals surface area (Å²) in [6.07, 6.45) is 0. The Morgan fingerprint density at radius 1 is 1.75 bits per heavy atom. The Hall–Kier alpha value is 0.323. The first-order chi connectivity index (χ1) is 3.93. The molecule has 0 amide bonds. The molecule has 0 aliphatic carbocycles. The monoisotopic (exact) mass is 176 g/mol. The molecule has 8 heavy (non-hydrogen) atoms. The first-order valence-corrected chi connectivity index (χ1v) is 7.42. The van der Waals surface area contributed by atoms with Crippen LogP contribution in [0.3, 0.4) is 0 Å². The second-order valence-electron chi connectivity index (χ2n) is 1.83. The molecule has 1 aromatic heterocycles. The Morgan fingerprint density at radius 3 is 3.12 bits per heavy atom. The van der Waals surface area contributed by atoms with Gasteiger partial charge in [0.05, 0.1) is 0 Å². The van der Waals surface area contributed by atoms with E-state index in [1.54, 1.807) is 3.47 Å². The summed E-state index contributed by atoms with van der Waals surface area (Å²) in [5.41, 5.74) is 0. The van der Waals surface area contributed by atoms with Gasteiger partial charge in [0.15, 0.2) is 0 Å². The second kappa shape index (κ2) is 3.37. The molecule has 0 unspecified atom stereocenters. The molecule has 2 heteroatoms. The van der Waals surface area contributed by atoms with E-state index in [0.29, 0.717) is 0 Å². The third kappa shape index (κ3) is 1.68. The standard InChI is InChI=1S/C4H3S.C2H5.Zn/c1-2-4-5-3-1;1-2;/h1-3H;1H2,2H3;. The Labute approximate surface area is 61.5 Å². The summed E-state index contributed by atoms with van der Waals surface area (Å²) >= 11 is 1.71. The molecule has 0 aliphatic rings. The van der Waals surface area contributed by atoms with Crippen molar-refractivity contribution in [2.75, 3.05) is 0 Å². The summed E-state index contributed by atoms with van der Waals surface area (Å²) in [5, 5.41) is 3.63. The van der Waals surface area contributed by atoms with Crippen molar-refractivity contribution in [1.82, 2.24) is 0 Å². The van der Waals surface area contributed by atoms with Crippen LogP contribution in [0, 0.1) is 0 Å². The molecule has 0 nitrogen and oxygen atoms in total. The van der Waals surface area contributed by atoms with E-state index in [9.17, 15) is 0 Å². The predicted molar refractivity (Wildman–Crippen MR) is 34.4 cm³/mol. The van der Waals surface area contributed by atoms with Gasteiger partial charge in [0.2, 0.25) is 0 Å². The maximum absolute atomic E-state index is 2.29. The molecule has 0 fully saturated rings. The molecule has 0 spiro atoms. The van der Waals surface area contributed by atoms with E-state index in [0.717, 1.165) is 0 Å². The van der Waals surface area contributed by atoms with Gasteiger partial charge in [-0.25, -0.2) is 0 Å². The first-order valence-electron chi connectivity index (χ1n) is 2.96. The normalized spacial score (nSPS) is 8.62. The van der Waals surface area contributed by atoms with Crippen LogP contribution in [0.25, 0.3) is 0 Å². The van der Waals surface area contributed by atoms with Gasteiger partial charge >= 0.3 is 61.4 Å². The van der Waals surface area contributed by atoms with Gasteiger partial charge in [-0.15, -0.1) is 0 Å². The predicted octanol–water partition coefficient (Wildman–Crippen LogP) is 1.89. The fraction of sp³-hybridized carbons (Fsp3) is 0.333. The number of thiophene rings is 1. The van der Waals surface area contributed by atoms with Crippen molar-refractivity contribution < 1.29 is 17.1 Å². The minimum atomic E-state index is -0.221. The second-order valence-corrected chi connectivity index (χ2v) is 8.68. The van der Waals surface area contributed by atoms with Crippen LogP contribution in [0.2, 0.25) is 5.02 Å². The van der Waals surface area contributed by atoms with Crippen molar-refractivity contribution in [3.8, 4) is 0 Å². The van der Waals surface area contributed by atoms with Gasteiger partial charge in [0.1, 0.15) is 0 Å². The zero-order chi connectivity index (χ0) is 5.82. The summed E-state index contributed by atoms with van der Waals surface area (Å²) in [6.45, 7) is 2.29. The zero-order valence-electron chi connectivity index (χ0n) is 5.05. The number of hydrogen-bond acceptors (Lipinski definition) is 1. The first kappa shape index (κ1) is 6.44. The topological polar surface area (TPSA) is 0 Å². The van der Waals surface area contributed by atoms with E-state index >= 15 is 0 Å². The average molecular weight is 178 g/mol. The molecule has 0 N–H and O–H groups in total. The van der Waals surface area contributed by atoms with Gasteiger partial charge in [-0.1, -0.05) is 0 Å². The van der Waals surface area contributed by atoms with Crippen molar-refractivity contribution in [2.24, 2.45) is 0 Å². The van der Waals surface area contributed by atoms with Crippen molar-refractivity contribution >= 4 is 14.8 Å². The third-order valence-electron chi connectivity index (χ3n) is 1.08. The molecule has 0 aliphatic heterocycles. The fourth-order valence-electron chi connectivity index (χ4n) is 0.701. The van der Waals surface area contributed by atoms with Crippen LogP contribution in [0.4, 0.5) is 0 Å². The van der Waals surface area contributed by atoms with Crippen molar-refractivity contribution in [3.63, 3.8) is 0 Å². The van der Waals surface area contributed by atoms with Crippen LogP contribution in [-0.4, -0.2) is 0 Å². The molecular formula is C6H8SZn. The van der Waals surface area contributed by atoms with E-state index in [4.69, 9.17) is 0 Å². The molecule has 0 atom stereocenters.